The molecule has 1 atom stereocenters. The molecule has 1 fully saturated rings. The molecule has 0 spiro atoms. The molecule has 238 valence electrons. The van der Waals surface area contributed by atoms with Crippen molar-refractivity contribution in [1.29, 1.82) is 0 Å². The molecule has 1 aliphatic rings. The third-order valence-corrected chi connectivity index (χ3v) is 6.79. The minimum Gasteiger partial charge on any atom is -0.444 e. The highest BCUT2D eigenvalue weighted by atomic mass is 35.5. The summed E-state index contributed by atoms with van der Waals surface area (Å²) in [7, 11) is 0. The Kier molecular flexibility index (Phi) is 11.0. The third kappa shape index (κ3) is 9.19. The molecule has 0 aliphatic carbocycles. The van der Waals surface area contributed by atoms with Gasteiger partial charge in [-0.1, -0.05) is 29.8 Å². The minimum atomic E-state index is -1.40. The van der Waals surface area contributed by atoms with Crippen molar-refractivity contribution in [3.63, 3.8) is 0 Å². The van der Waals surface area contributed by atoms with E-state index < -0.39 is 53.3 Å². The molecule has 2 aromatic carbocycles. The molecular weight excluding hydrogens is 590 g/mol. The van der Waals surface area contributed by atoms with E-state index >= 15 is 0 Å². The number of nitrogens with zero attached hydrogens (tertiary/aromatic N) is 3. The summed E-state index contributed by atoms with van der Waals surface area (Å²) in [6.45, 7) is 12.3. The van der Waals surface area contributed by atoms with Crippen LogP contribution in [0.3, 0.4) is 0 Å². The van der Waals surface area contributed by atoms with Crippen LogP contribution < -0.4 is 0 Å². The van der Waals surface area contributed by atoms with Crippen LogP contribution in [0.4, 0.5) is 9.59 Å². The van der Waals surface area contributed by atoms with E-state index in [1.165, 1.54) is 36.1 Å². The summed E-state index contributed by atoms with van der Waals surface area (Å²) in [6.07, 6.45) is -2.39. The van der Waals surface area contributed by atoms with Crippen molar-refractivity contribution in [3.05, 3.63) is 70.7 Å². The maximum atomic E-state index is 13.8. The maximum absolute atomic E-state index is 13.8. The van der Waals surface area contributed by atoms with E-state index in [1.54, 1.807) is 71.9 Å². The molecule has 0 radical (unpaired) electrons. The van der Waals surface area contributed by atoms with Crippen molar-refractivity contribution >= 4 is 41.6 Å². The molecule has 0 aromatic heterocycles. The molecule has 4 amide bonds. The zero-order chi connectivity index (χ0) is 32.8. The van der Waals surface area contributed by atoms with Crippen molar-refractivity contribution in [2.75, 3.05) is 13.1 Å². The van der Waals surface area contributed by atoms with Gasteiger partial charge in [0.2, 0.25) is 6.29 Å². The second-order valence-electron chi connectivity index (χ2n) is 12.4. The summed E-state index contributed by atoms with van der Waals surface area (Å²) in [4.78, 5) is 68.0. The molecule has 0 N–H and O–H groups in total. The lowest BCUT2D eigenvalue weighted by molar-refractivity contribution is -0.174. The number of amides is 4. The zero-order valence-electron chi connectivity index (χ0n) is 26.2. The van der Waals surface area contributed by atoms with E-state index in [1.807, 2.05) is 0 Å². The van der Waals surface area contributed by atoms with Crippen molar-refractivity contribution in [2.24, 2.45) is 5.92 Å². The van der Waals surface area contributed by atoms with Gasteiger partial charge >= 0.3 is 18.2 Å². The number of benzene rings is 2. The van der Waals surface area contributed by atoms with E-state index in [0.29, 0.717) is 36.0 Å². The number of carbonyl (C=O) groups excluding carboxylic acids is 5. The lowest BCUT2D eigenvalue weighted by Crippen LogP contribution is -2.60. The first-order chi connectivity index (χ1) is 20.5. The van der Waals surface area contributed by atoms with Gasteiger partial charge in [-0.2, -0.15) is 0 Å². The van der Waals surface area contributed by atoms with Gasteiger partial charge in [-0.3, -0.25) is 14.4 Å². The summed E-state index contributed by atoms with van der Waals surface area (Å²) in [5.41, 5.74) is -1.40. The molecule has 3 rings (SSSR count). The van der Waals surface area contributed by atoms with Crippen LogP contribution >= 0.6 is 11.6 Å². The fraction of sp³-hybridized carbons (Fsp3) is 0.469. The molecule has 12 heteroatoms. The third-order valence-electron chi connectivity index (χ3n) is 6.53. The van der Waals surface area contributed by atoms with Crippen LogP contribution in [0.25, 0.3) is 0 Å². The Labute approximate surface area is 262 Å². The Balaban J connectivity index is 1.77. The highest BCUT2D eigenvalue weighted by Gasteiger charge is 2.42. The van der Waals surface area contributed by atoms with Gasteiger partial charge in [0.25, 0.3) is 11.8 Å². The highest BCUT2D eigenvalue weighted by molar-refractivity contribution is 6.30. The summed E-state index contributed by atoms with van der Waals surface area (Å²) < 4.78 is 16.3. The predicted molar refractivity (Wildman–Crippen MR) is 163 cm³/mol. The smallest absolute Gasteiger partial charge is 0.439 e. The minimum absolute atomic E-state index is 0.0721. The monoisotopic (exact) mass is 629 g/mol. The van der Waals surface area contributed by atoms with Crippen LogP contribution in [0.1, 0.15) is 82.0 Å². The maximum Gasteiger partial charge on any atom is 0.439 e. The number of esters is 1. The van der Waals surface area contributed by atoms with Crippen molar-refractivity contribution in [3.8, 4) is 0 Å². The molecule has 1 heterocycles. The Bertz CT molecular complexity index is 1340. The van der Waals surface area contributed by atoms with Gasteiger partial charge in [0.1, 0.15) is 5.60 Å². The van der Waals surface area contributed by atoms with Crippen molar-refractivity contribution in [1.82, 2.24) is 14.9 Å². The molecule has 1 unspecified atom stereocenters. The summed E-state index contributed by atoms with van der Waals surface area (Å²) >= 11 is 6.00. The van der Waals surface area contributed by atoms with Crippen LogP contribution in [0.5, 0.6) is 0 Å². The average Bonchev–Trinajstić information content (AvgIpc) is 2.94. The topological polar surface area (TPSA) is 123 Å². The first kappa shape index (κ1) is 34.4. The Morgan fingerprint density at radius 2 is 1.36 bits per heavy atom. The summed E-state index contributed by atoms with van der Waals surface area (Å²) in [5.74, 6) is -2.62. The number of hydrogen-bond donors (Lipinski definition) is 0. The normalized spacial score (nSPS) is 14.7. The number of hydrazine groups is 1. The average molecular weight is 630 g/mol. The Morgan fingerprint density at radius 3 is 1.89 bits per heavy atom. The standard InChI is InChI=1S/C32H40ClN3O8/c1-21(42-28(39)24-17-19-34(20-18-24)29(40)44-32(5,6)7)43-30(41)35(26(37)23-13-15-25(33)16-14-23)36(31(2,3)4)27(38)22-11-9-8-10-12-22/h8-16,21,24H,17-20H2,1-7H3. The summed E-state index contributed by atoms with van der Waals surface area (Å²) in [6, 6.07) is 14.0. The van der Waals surface area contributed by atoms with Gasteiger partial charge in [0, 0.05) is 36.2 Å². The van der Waals surface area contributed by atoms with Crippen LogP contribution in [0.2, 0.25) is 5.02 Å². The second-order valence-corrected chi connectivity index (χ2v) is 12.8. The van der Waals surface area contributed by atoms with E-state index in [9.17, 15) is 24.0 Å². The number of imide groups is 1. The zero-order valence-corrected chi connectivity index (χ0v) is 26.9. The molecule has 44 heavy (non-hydrogen) atoms. The number of hydrogen-bond acceptors (Lipinski definition) is 8. The van der Waals surface area contributed by atoms with E-state index in [4.69, 9.17) is 25.8 Å². The number of rotatable bonds is 5. The van der Waals surface area contributed by atoms with Crippen LogP contribution in [-0.2, 0) is 19.0 Å². The van der Waals surface area contributed by atoms with Crippen molar-refractivity contribution in [2.45, 2.75) is 78.7 Å². The SMILES string of the molecule is CC(OC(=O)C1CCN(C(=O)OC(C)(C)C)CC1)OC(=O)N(C(=O)c1ccc(Cl)cc1)N(C(=O)c1ccccc1)C(C)(C)C. The number of carbonyl (C=O) groups is 5. The van der Waals surface area contributed by atoms with Crippen LogP contribution in [0.15, 0.2) is 54.6 Å². The highest BCUT2D eigenvalue weighted by Crippen LogP contribution is 2.25. The van der Waals surface area contributed by atoms with Gasteiger partial charge in [-0.25, -0.2) is 14.6 Å². The predicted octanol–water partition coefficient (Wildman–Crippen LogP) is 6.31. The molecular formula is C32H40ClN3O8. The second kappa shape index (κ2) is 14.1. The fourth-order valence-electron chi connectivity index (χ4n) is 4.47. The van der Waals surface area contributed by atoms with Gasteiger partial charge in [-0.15, -0.1) is 5.01 Å². The fourth-order valence-corrected chi connectivity index (χ4v) is 4.59. The molecule has 1 aliphatic heterocycles. The van der Waals surface area contributed by atoms with Crippen LogP contribution in [-0.4, -0.2) is 75.4 Å². The Hall–Kier alpha value is -4.12. The molecule has 0 saturated carbocycles. The van der Waals surface area contributed by atoms with E-state index in [0.717, 1.165) is 5.01 Å². The molecule has 11 nitrogen and oxygen atoms in total. The van der Waals surface area contributed by atoms with Crippen LogP contribution in [0, 0.1) is 5.92 Å². The first-order valence-electron chi connectivity index (χ1n) is 14.4. The lowest BCUT2D eigenvalue weighted by atomic mass is 9.97. The number of halogens is 1. The van der Waals surface area contributed by atoms with E-state index in [2.05, 4.69) is 0 Å². The molecule has 2 aromatic rings. The Morgan fingerprint density at radius 1 is 0.818 bits per heavy atom. The first-order valence-corrected chi connectivity index (χ1v) is 14.7. The van der Waals surface area contributed by atoms with Gasteiger partial charge in [0.05, 0.1) is 11.5 Å². The quantitative estimate of drug-likeness (QED) is 0.214. The van der Waals surface area contributed by atoms with Gasteiger partial charge < -0.3 is 19.1 Å². The van der Waals surface area contributed by atoms with Gasteiger partial charge in [0.15, 0.2) is 0 Å². The number of piperidine rings is 1. The molecule has 1 saturated heterocycles. The lowest BCUT2D eigenvalue weighted by Gasteiger charge is -2.41. The van der Waals surface area contributed by atoms with Gasteiger partial charge in [-0.05, 0) is 90.8 Å². The number of likely N-dealkylation sites (tertiary alicyclic amines) is 1. The number of ether oxygens (including phenoxy) is 3. The van der Waals surface area contributed by atoms with E-state index in [-0.39, 0.29) is 11.1 Å². The van der Waals surface area contributed by atoms with Crippen molar-refractivity contribution < 1.29 is 38.2 Å². The molecule has 0 bridgehead atoms. The largest absolute Gasteiger partial charge is 0.444 e. The summed E-state index contributed by atoms with van der Waals surface area (Å²) in [5, 5.41) is 2.01.